The first kappa shape index (κ1) is 8.97. The summed E-state index contributed by atoms with van der Waals surface area (Å²) < 4.78 is 4.93. The third kappa shape index (κ3) is 1.69. The summed E-state index contributed by atoms with van der Waals surface area (Å²) >= 11 is 0. The van der Waals surface area contributed by atoms with Gasteiger partial charge in [0.15, 0.2) is 0 Å². The Morgan fingerprint density at radius 2 is 2.38 bits per heavy atom. The van der Waals surface area contributed by atoms with Crippen LogP contribution in [0.3, 0.4) is 0 Å². The molecule has 0 bridgehead atoms. The van der Waals surface area contributed by atoms with Crippen LogP contribution in [0.2, 0.25) is 0 Å². The summed E-state index contributed by atoms with van der Waals surface area (Å²) in [5.74, 6) is 0.533. The number of nitrogens with two attached hydrogens (primary N) is 1. The van der Waals surface area contributed by atoms with Crippen molar-refractivity contribution in [3.8, 4) is 0 Å². The van der Waals surface area contributed by atoms with Crippen molar-refractivity contribution < 1.29 is 9.53 Å². The van der Waals surface area contributed by atoms with Gasteiger partial charge in [0, 0.05) is 13.0 Å². The lowest BCUT2D eigenvalue weighted by molar-refractivity contribution is -0.142. The third-order valence-electron chi connectivity index (χ3n) is 3.00. The number of esters is 1. The topological polar surface area (TPSA) is 55.6 Å². The van der Waals surface area contributed by atoms with Gasteiger partial charge < -0.3 is 10.5 Å². The normalized spacial score (nSPS) is 35.3. The van der Waals surface area contributed by atoms with Crippen LogP contribution in [0, 0.1) is 5.92 Å². The van der Waals surface area contributed by atoms with E-state index in [0.29, 0.717) is 12.5 Å². The molecular weight excluding hydrogens is 168 g/mol. The molecule has 0 saturated carbocycles. The van der Waals surface area contributed by atoms with Gasteiger partial charge in [-0.1, -0.05) is 0 Å². The fourth-order valence-electron chi connectivity index (χ4n) is 2.15. The molecule has 2 rings (SSSR count). The molecule has 74 valence electrons. The van der Waals surface area contributed by atoms with Crippen molar-refractivity contribution in [2.24, 2.45) is 11.7 Å². The largest absolute Gasteiger partial charge is 0.464 e. The zero-order valence-electron chi connectivity index (χ0n) is 7.74. The Kier molecular flexibility index (Phi) is 2.51. The number of hydrogen-bond donors (Lipinski definition) is 1. The number of carbonyl (C=O) groups excluding carboxylic acids is 1. The second kappa shape index (κ2) is 3.64. The van der Waals surface area contributed by atoms with Gasteiger partial charge in [-0.2, -0.15) is 0 Å². The number of carbonyl (C=O) groups is 1. The van der Waals surface area contributed by atoms with Gasteiger partial charge in [0.05, 0.1) is 6.61 Å². The number of ether oxygens (including phenoxy) is 1. The molecule has 0 aromatic carbocycles. The van der Waals surface area contributed by atoms with E-state index >= 15 is 0 Å². The highest BCUT2D eigenvalue weighted by atomic mass is 16.5. The summed E-state index contributed by atoms with van der Waals surface area (Å²) in [6, 6.07) is 0.0246. The summed E-state index contributed by atoms with van der Waals surface area (Å²) in [4.78, 5) is 13.5. The molecule has 2 heterocycles. The molecule has 0 spiro atoms. The number of likely N-dealkylation sites (tertiary alicyclic amines) is 1. The van der Waals surface area contributed by atoms with Gasteiger partial charge in [-0.3, -0.25) is 9.69 Å². The molecule has 4 nitrogen and oxygen atoms in total. The molecule has 2 aliphatic rings. The fraction of sp³-hybridized carbons (Fsp3) is 0.889. The van der Waals surface area contributed by atoms with Crippen molar-refractivity contribution in [1.29, 1.82) is 0 Å². The van der Waals surface area contributed by atoms with E-state index in [4.69, 9.17) is 10.5 Å². The Labute approximate surface area is 78.0 Å². The number of hydrogen-bond acceptors (Lipinski definition) is 4. The molecule has 2 unspecified atom stereocenters. The second-order valence-electron chi connectivity index (χ2n) is 3.86. The Morgan fingerprint density at radius 1 is 1.54 bits per heavy atom. The van der Waals surface area contributed by atoms with E-state index in [9.17, 15) is 4.79 Å². The molecule has 2 aliphatic heterocycles. The van der Waals surface area contributed by atoms with Crippen molar-refractivity contribution >= 4 is 5.97 Å². The van der Waals surface area contributed by atoms with E-state index < -0.39 is 0 Å². The van der Waals surface area contributed by atoms with Crippen LogP contribution >= 0.6 is 0 Å². The van der Waals surface area contributed by atoms with Crippen molar-refractivity contribution in [1.82, 2.24) is 4.90 Å². The highest BCUT2D eigenvalue weighted by Crippen LogP contribution is 2.22. The summed E-state index contributed by atoms with van der Waals surface area (Å²) in [5.41, 5.74) is 5.59. The molecule has 0 aliphatic carbocycles. The molecule has 2 N–H and O–H groups in total. The van der Waals surface area contributed by atoms with Crippen molar-refractivity contribution in [3.63, 3.8) is 0 Å². The Morgan fingerprint density at radius 3 is 2.92 bits per heavy atom. The summed E-state index contributed by atoms with van der Waals surface area (Å²) in [5, 5.41) is 0. The highest BCUT2D eigenvalue weighted by Gasteiger charge is 2.35. The van der Waals surface area contributed by atoms with Gasteiger partial charge in [0.2, 0.25) is 0 Å². The minimum atomic E-state index is -0.0438. The van der Waals surface area contributed by atoms with Gasteiger partial charge in [-0.15, -0.1) is 0 Å². The van der Waals surface area contributed by atoms with Gasteiger partial charge in [0.1, 0.15) is 6.04 Å². The molecular formula is C9H16N2O2. The van der Waals surface area contributed by atoms with E-state index in [2.05, 4.69) is 4.90 Å². The molecule has 2 saturated heterocycles. The van der Waals surface area contributed by atoms with Gasteiger partial charge in [-0.25, -0.2) is 0 Å². The van der Waals surface area contributed by atoms with E-state index in [1.54, 1.807) is 0 Å². The fourth-order valence-corrected chi connectivity index (χ4v) is 2.15. The first-order valence-electron chi connectivity index (χ1n) is 4.92. The average molecular weight is 184 g/mol. The SMILES string of the molecule is NCC1CCN(C2CCOC2=O)C1. The Balaban J connectivity index is 1.91. The standard InChI is InChI=1S/C9H16N2O2/c10-5-7-1-3-11(6-7)8-2-4-13-9(8)12/h7-8H,1-6,10H2. The summed E-state index contributed by atoms with van der Waals surface area (Å²) in [7, 11) is 0. The zero-order chi connectivity index (χ0) is 9.26. The first-order chi connectivity index (χ1) is 6.31. The molecule has 2 atom stereocenters. The van der Waals surface area contributed by atoms with Gasteiger partial charge in [0.25, 0.3) is 0 Å². The molecule has 13 heavy (non-hydrogen) atoms. The molecule has 0 radical (unpaired) electrons. The number of rotatable bonds is 2. The monoisotopic (exact) mass is 184 g/mol. The Bertz CT molecular complexity index is 208. The van der Waals surface area contributed by atoms with Crippen molar-refractivity contribution in [2.75, 3.05) is 26.2 Å². The predicted octanol–water partition coefficient (Wildman–Crippen LogP) is -0.418. The highest BCUT2D eigenvalue weighted by molar-refractivity contribution is 5.77. The molecule has 4 heteroatoms. The summed E-state index contributed by atoms with van der Waals surface area (Å²) in [6.45, 7) is 3.30. The third-order valence-corrected chi connectivity index (χ3v) is 3.00. The second-order valence-corrected chi connectivity index (χ2v) is 3.86. The van der Waals surface area contributed by atoms with Crippen LogP contribution in [0.15, 0.2) is 0 Å². The van der Waals surface area contributed by atoms with Crippen LogP contribution in [0.25, 0.3) is 0 Å². The van der Waals surface area contributed by atoms with Crippen molar-refractivity contribution in [3.05, 3.63) is 0 Å². The van der Waals surface area contributed by atoms with Gasteiger partial charge >= 0.3 is 5.97 Å². The van der Waals surface area contributed by atoms with E-state index in [0.717, 1.165) is 32.5 Å². The van der Waals surface area contributed by atoms with Crippen LogP contribution in [-0.2, 0) is 9.53 Å². The molecule has 2 fully saturated rings. The zero-order valence-corrected chi connectivity index (χ0v) is 7.74. The average Bonchev–Trinajstić information content (AvgIpc) is 2.71. The van der Waals surface area contributed by atoms with E-state index in [1.165, 1.54) is 0 Å². The lowest BCUT2D eigenvalue weighted by Crippen LogP contribution is -2.37. The summed E-state index contributed by atoms with van der Waals surface area (Å²) in [6.07, 6.45) is 1.98. The molecule has 0 aromatic rings. The maximum Gasteiger partial charge on any atom is 0.323 e. The van der Waals surface area contributed by atoms with Crippen LogP contribution in [0.5, 0.6) is 0 Å². The minimum Gasteiger partial charge on any atom is -0.464 e. The Hall–Kier alpha value is -0.610. The van der Waals surface area contributed by atoms with Crippen LogP contribution in [0.1, 0.15) is 12.8 Å². The minimum absolute atomic E-state index is 0.0246. The van der Waals surface area contributed by atoms with Gasteiger partial charge in [-0.05, 0) is 25.4 Å². The van der Waals surface area contributed by atoms with Crippen LogP contribution in [0.4, 0.5) is 0 Å². The predicted molar refractivity (Wildman–Crippen MR) is 48.1 cm³/mol. The lowest BCUT2D eigenvalue weighted by atomic mass is 10.1. The number of cyclic esters (lactones) is 1. The molecule has 0 amide bonds. The smallest absolute Gasteiger partial charge is 0.323 e. The van der Waals surface area contributed by atoms with E-state index in [1.807, 2.05) is 0 Å². The number of nitrogens with zero attached hydrogens (tertiary/aromatic N) is 1. The maximum atomic E-state index is 11.3. The van der Waals surface area contributed by atoms with E-state index in [-0.39, 0.29) is 12.0 Å². The maximum absolute atomic E-state index is 11.3. The quantitative estimate of drug-likeness (QED) is 0.592. The first-order valence-corrected chi connectivity index (χ1v) is 4.92. The molecule has 0 aromatic heterocycles. The lowest BCUT2D eigenvalue weighted by Gasteiger charge is -2.19. The van der Waals surface area contributed by atoms with Crippen LogP contribution < -0.4 is 5.73 Å². The van der Waals surface area contributed by atoms with Crippen LogP contribution in [-0.4, -0.2) is 43.2 Å². The van der Waals surface area contributed by atoms with Crippen molar-refractivity contribution in [2.45, 2.75) is 18.9 Å².